The molecule has 19 heavy (non-hydrogen) atoms. The number of rotatable bonds is 5. The van der Waals surface area contributed by atoms with E-state index in [1.54, 1.807) is 30.0 Å². The third-order valence-electron chi connectivity index (χ3n) is 3.23. The number of aromatic nitrogens is 2. The molecule has 4 nitrogen and oxygen atoms in total. The average Bonchev–Trinajstić information content (AvgIpc) is 2.75. The summed E-state index contributed by atoms with van der Waals surface area (Å²) in [6.45, 7) is 5.08. The van der Waals surface area contributed by atoms with Crippen molar-refractivity contribution >= 4 is 28.8 Å². The molecule has 5 heteroatoms. The maximum Gasteiger partial charge on any atom is 0.335 e. The summed E-state index contributed by atoms with van der Waals surface area (Å²) in [5, 5.41) is 9.56. The number of nitrogens with zero attached hydrogens (tertiary/aromatic N) is 2. The molecule has 102 valence electrons. The van der Waals surface area contributed by atoms with E-state index in [1.165, 1.54) is 0 Å². The van der Waals surface area contributed by atoms with Crippen molar-refractivity contribution < 1.29 is 9.90 Å². The molecule has 0 fully saturated rings. The SMILES string of the molecule is CCc1nc2ccc(C(=O)O)cc2n1CC(C)SC. The molecule has 1 N–H and O–H groups in total. The minimum atomic E-state index is -0.898. The zero-order chi connectivity index (χ0) is 14.0. The van der Waals surface area contributed by atoms with E-state index >= 15 is 0 Å². The lowest BCUT2D eigenvalue weighted by molar-refractivity contribution is 0.0697. The van der Waals surface area contributed by atoms with Crippen LogP contribution in [0.3, 0.4) is 0 Å². The van der Waals surface area contributed by atoms with Crippen LogP contribution in [0.25, 0.3) is 11.0 Å². The summed E-state index contributed by atoms with van der Waals surface area (Å²) in [6.07, 6.45) is 2.93. The van der Waals surface area contributed by atoms with Crippen molar-refractivity contribution in [2.24, 2.45) is 0 Å². The van der Waals surface area contributed by atoms with Gasteiger partial charge in [-0.05, 0) is 24.5 Å². The molecule has 0 aliphatic rings. The number of hydrogen-bond donors (Lipinski definition) is 1. The molecule has 0 saturated carbocycles. The highest BCUT2D eigenvalue weighted by Gasteiger charge is 2.13. The average molecular weight is 278 g/mol. The maximum absolute atomic E-state index is 11.1. The van der Waals surface area contributed by atoms with Crippen molar-refractivity contribution in [3.63, 3.8) is 0 Å². The van der Waals surface area contributed by atoms with Crippen LogP contribution in [0.15, 0.2) is 18.2 Å². The van der Waals surface area contributed by atoms with Gasteiger partial charge in [-0.2, -0.15) is 11.8 Å². The van der Waals surface area contributed by atoms with Gasteiger partial charge in [-0.25, -0.2) is 9.78 Å². The Kier molecular flexibility index (Phi) is 4.14. The molecule has 0 aliphatic carbocycles. The number of fused-ring (bicyclic) bond motifs is 1. The number of carboxylic acid groups (broad SMARTS) is 1. The monoisotopic (exact) mass is 278 g/mol. The highest BCUT2D eigenvalue weighted by atomic mass is 32.2. The van der Waals surface area contributed by atoms with Gasteiger partial charge in [0.2, 0.25) is 0 Å². The second-order valence-electron chi connectivity index (χ2n) is 4.55. The fourth-order valence-electron chi connectivity index (χ4n) is 2.11. The van der Waals surface area contributed by atoms with Gasteiger partial charge in [0.15, 0.2) is 0 Å². The number of aromatic carboxylic acids is 1. The second kappa shape index (κ2) is 5.65. The van der Waals surface area contributed by atoms with Crippen molar-refractivity contribution in [3.8, 4) is 0 Å². The molecule has 1 aromatic heterocycles. The minimum Gasteiger partial charge on any atom is -0.478 e. The van der Waals surface area contributed by atoms with Gasteiger partial charge in [-0.3, -0.25) is 0 Å². The summed E-state index contributed by atoms with van der Waals surface area (Å²) >= 11 is 1.80. The van der Waals surface area contributed by atoms with Gasteiger partial charge >= 0.3 is 5.97 Å². The van der Waals surface area contributed by atoms with Crippen LogP contribution in [-0.2, 0) is 13.0 Å². The number of hydrogen-bond acceptors (Lipinski definition) is 3. The van der Waals surface area contributed by atoms with Crippen molar-refractivity contribution in [2.45, 2.75) is 32.1 Å². The predicted octanol–water partition coefficient (Wildman–Crippen LogP) is 3.05. The number of carboxylic acids is 1. The van der Waals surface area contributed by atoms with E-state index in [4.69, 9.17) is 5.11 Å². The Balaban J connectivity index is 2.56. The Morgan fingerprint density at radius 1 is 1.53 bits per heavy atom. The summed E-state index contributed by atoms with van der Waals surface area (Å²) < 4.78 is 2.14. The Labute approximate surface area is 116 Å². The van der Waals surface area contributed by atoms with Gasteiger partial charge in [0.25, 0.3) is 0 Å². The van der Waals surface area contributed by atoms with Crippen LogP contribution in [0, 0.1) is 0 Å². The van der Waals surface area contributed by atoms with Crippen molar-refractivity contribution in [3.05, 3.63) is 29.6 Å². The first-order valence-corrected chi connectivity index (χ1v) is 7.60. The zero-order valence-corrected chi connectivity index (χ0v) is 12.2. The molecule has 0 saturated heterocycles. The molecule has 0 radical (unpaired) electrons. The Bertz CT molecular complexity index is 607. The van der Waals surface area contributed by atoms with Crippen LogP contribution < -0.4 is 0 Å². The molecule has 1 heterocycles. The topological polar surface area (TPSA) is 55.1 Å². The predicted molar refractivity (Wildman–Crippen MR) is 79.0 cm³/mol. The summed E-state index contributed by atoms with van der Waals surface area (Å²) in [5.41, 5.74) is 2.10. The lowest BCUT2D eigenvalue weighted by Gasteiger charge is -2.13. The van der Waals surface area contributed by atoms with E-state index < -0.39 is 5.97 Å². The smallest absolute Gasteiger partial charge is 0.335 e. The molecular weight excluding hydrogens is 260 g/mol. The van der Waals surface area contributed by atoms with E-state index in [0.717, 1.165) is 29.8 Å². The summed E-state index contributed by atoms with van der Waals surface area (Å²) in [7, 11) is 0. The van der Waals surface area contributed by atoms with Crippen LogP contribution >= 0.6 is 11.8 Å². The lowest BCUT2D eigenvalue weighted by atomic mass is 10.2. The normalized spacial score (nSPS) is 12.8. The molecule has 1 aromatic carbocycles. The third kappa shape index (κ3) is 2.76. The molecule has 0 amide bonds. The second-order valence-corrected chi connectivity index (χ2v) is 5.82. The van der Waals surface area contributed by atoms with E-state index in [1.807, 2.05) is 0 Å². The van der Waals surface area contributed by atoms with E-state index in [-0.39, 0.29) is 0 Å². The molecule has 0 spiro atoms. The van der Waals surface area contributed by atoms with Crippen molar-refractivity contribution in [2.75, 3.05) is 6.26 Å². The first-order valence-electron chi connectivity index (χ1n) is 6.32. The van der Waals surface area contributed by atoms with Gasteiger partial charge in [-0.1, -0.05) is 13.8 Å². The number of carbonyl (C=O) groups is 1. The summed E-state index contributed by atoms with van der Waals surface area (Å²) in [5.74, 6) is 0.115. The van der Waals surface area contributed by atoms with Gasteiger partial charge in [-0.15, -0.1) is 0 Å². The minimum absolute atomic E-state index is 0.313. The molecule has 0 aliphatic heterocycles. The summed E-state index contributed by atoms with van der Waals surface area (Å²) in [6, 6.07) is 5.12. The third-order valence-corrected chi connectivity index (χ3v) is 4.19. The van der Waals surface area contributed by atoms with E-state index in [0.29, 0.717) is 10.8 Å². The largest absolute Gasteiger partial charge is 0.478 e. The summed E-state index contributed by atoms with van der Waals surface area (Å²) in [4.78, 5) is 15.7. The van der Waals surface area contributed by atoms with Crippen LogP contribution in [-0.4, -0.2) is 32.1 Å². The van der Waals surface area contributed by atoms with Gasteiger partial charge in [0, 0.05) is 18.2 Å². The van der Waals surface area contributed by atoms with Crippen LogP contribution in [0.4, 0.5) is 0 Å². The standard InChI is InChI=1S/C14H18N2O2S/c1-4-13-15-11-6-5-10(14(17)18)7-12(11)16(13)8-9(2)19-3/h5-7,9H,4,8H2,1-3H3,(H,17,18). The molecule has 2 aromatic rings. The van der Waals surface area contributed by atoms with E-state index in [9.17, 15) is 4.79 Å². The number of thioether (sulfide) groups is 1. The molecular formula is C14H18N2O2S. The molecule has 1 unspecified atom stereocenters. The van der Waals surface area contributed by atoms with Gasteiger partial charge in [0.1, 0.15) is 5.82 Å². The van der Waals surface area contributed by atoms with Crippen LogP contribution in [0.2, 0.25) is 0 Å². The van der Waals surface area contributed by atoms with Gasteiger partial charge < -0.3 is 9.67 Å². The number of aryl methyl sites for hydroxylation is 1. The van der Waals surface area contributed by atoms with Gasteiger partial charge in [0.05, 0.1) is 16.6 Å². The fraction of sp³-hybridized carbons (Fsp3) is 0.429. The Morgan fingerprint density at radius 3 is 2.84 bits per heavy atom. The number of imidazole rings is 1. The fourth-order valence-corrected chi connectivity index (χ4v) is 2.41. The lowest BCUT2D eigenvalue weighted by Crippen LogP contribution is -2.12. The molecule has 1 atom stereocenters. The zero-order valence-electron chi connectivity index (χ0n) is 11.4. The first-order chi connectivity index (χ1) is 9.06. The van der Waals surface area contributed by atoms with Crippen LogP contribution in [0.1, 0.15) is 30.0 Å². The Hall–Kier alpha value is -1.49. The quantitative estimate of drug-likeness (QED) is 0.913. The molecule has 2 rings (SSSR count). The van der Waals surface area contributed by atoms with E-state index in [2.05, 4.69) is 29.7 Å². The van der Waals surface area contributed by atoms with Crippen molar-refractivity contribution in [1.29, 1.82) is 0 Å². The maximum atomic E-state index is 11.1. The Morgan fingerprint density at radius 2 is 2.26 bits per heavy atom. The molecule has 0 bridgehead atoms. The highest BCUT2D eigenvalue weighted by molar-refractivity contribution is 7.99. The highest BCUT2D eigenvalue weighted by Crippen LogP contribution is 2.21. The number of benzene rings is 1. The van der Waals surface area contributed by atoms with Crippen molar-refractivity contribution in [1.82, 2.24) is 9.55 Å². The van der Waals surface area contributed by atoms with Crippen LogP contribution in [0.5, 0.6) is 0 Å². The first kappa shape index (κ1) is 13.9.